The fourth-order valence-electron chi connectivity index (χ4n) is 2.43. The van der Waals surface area contributed by atoms with E-state index in [0.717, 1.165) is 12.5 Å². The van der Waals surface area contributed by atoms with Gasteiger partial charge in [0.1, 0.15) is 11.6 Å². The third-order valence-electron chi connectivity index (χ3n) is 3.85. The van der Waals surface area contributed by atoms with Gasteiger partial charge in [-0.2, -0.15) is 18.3 Å². The number of amides is 1. The number of nitrogens with one attached hydrogen (secondary N) is 1. The van der Waals surface area contributed by atoms with E-state index < -0.39 is 18.1 Å². The van der Waals surface area contributed by atoms with E-state index in [2.05, 4.69) is 10.1 Å². The van der Waals surface area contributed by atoms with Crippen molar-refractivity contribution in [1.29, 1.82) is 0 Å². The molecule has 0 fully saturated rings. The van der Waals surface area contributed by atoms with Gasteiger partial charge in [-0.1, -0.05) is 23.7 Å². The van der Waals surface area contributed by atoms with Crippen LogP contribution in [-0.2, 0) is 0 Å². The predicted octanol–water partition coefficient (Wildman–Crippen LogP) is 4.04. The maximum atomic E-state index is 12.7. The first-order valence-electron chi connectivity index (χ1n) is 7.65. The first-order valence-corrected chi connectivity index (χ1v) is 8.03. The van der Waals surface area contributed by atoms with Crippen molar-refractivity contribution in [3.8, 4) is 11.3 Å². The number of hydrogen-bond donors (Lipinski definition) is 1. The number of halogens is 4. The van der Waals surface area contributed by atoms with Crippen LogP contribution in [0.15, 0.2) is 36.5 Å². The molecule has 0 aliphatic rings. The molecule has 0 saturated carbocycles. The molecule has 5 nitrogen and oxygen atoms in total. The number of aromatic nitrogens is 3. The highest BCUT2D eigenvalue weighted by molar-refractivity contribution is 6.30. The van der Waals surface area contributed by atoms with Crippen molar-refractivity contribution in [3.05, 3.63) is 52.8 Å². The number of fused-ring (bicyclic) bond motifs is 1. The third kappa shape index (κ3) is 3.50. The molecule has 0 saturated heterocycles. The van der Waals surface area contributed by atoms with Crippen molar-refractivity contribution in [2.24, 2.45) is 0 Å². The molecule has 0 radical (unpaired) electrons. The van der Waals surface area contributed by atoms with Crippen LogP contribution < -0.4 is 5.32 Å². The fourth-order valence-corrected chi connectivity index (χ4v) is 2.62. The van der Waals surface area contributed by atoms with Crippen LogP contribution >= 0.6 is 11.6 Å². The number of carbonyl (C=O) groups excluding carboxylic acids is 1. The predicted molar refractivity (Wildman–Crippen MR) is 91.2 cm³/mol. The lowest BCUT2D eigenvalue weighted by Crippen LogP contribution is -2.43. The molecule has 3 rings (SSSR count). The summed E-state index contributed by atoms with van der Waals surface area (Å²) in [6, 6.07) is 6.75. The first-order chi connectivity index (χ1) is 12.2. The van der Waals surface area contributed by atoms with Gasteiger partial charge >= 0.3 is 6.18 Å². The second-order valence-corrected chi connectivity index (χ2v) is 6.26. The Morgan fingerprint density at radius 3 is 2.69 bits per heavy atom. The summed E-state index contributed by atoms with van der Waals surface area (Å²) in [5, 5.41) is 6.49. The smallest absolute Gasteiger partial charge is 0.340 e. The number of benzene rings is 1. The first kappa shape index (κ1) is 18.2. The van der Waals surface area contributed by atoms with E-state index in [-0.39, 0.29) is 11.2 Å². The van der Waals surface area contributed by atoms with Crippen LogP contribution in [0.3, 0.4) is 0 Å². The summed E-state index contributed by atoms with van der Waals surface area (Å²) in [5.41, 5.74) is 2.07. The molecule has 26 heavy (non-hydrogen) atoms. The number of alkyl halides is 3. The lowest BCUT2D eigenvalue weighted by Gasteiger charge is -2.16. The molecule has 9 heteroatoms. The van der Waals surface area contributed by atoms with E-state index in [1.54, 1.807) is 37.3 Å². The quantitative estimate of drug-likeness (QED) is 0.743. The minimum atomic E-state index is -4.53. The second-order valence-electron chi connectivity index (χ2n) is 5.82. The Morgan fingerprint density at radius 1 is 1.31 bits per heavy atom. The monoisotopic (exact) mass is 382 g/mol. The van der Waals surface area contributed by atoms with Crippen molar-refractivity contribution in [3.63, 3.8) is 0 Å². The van der Waals surface area contributed by atoms with Crippen molar-refractivity contribution in [2.75, 3.05) is 0 Å². The Labute approximate surface area is 151 Å². The van der Waals surface area contributed by atoms with Gasteiger partial charge < -0.3 is 5.32 Å². The summed E-state index contributed by atoms with van der Waals surface area (Å²) < 4.78 is 39.5. The zero-order valence-corrected chi connectivity index (χ0v) is 14.6. The van der Waals surface area contributed by atoms with Gasteiger partial charge in [-0.05, 0) is 32.0 Å². The highest BCUT2D eigenvalue weighted by atomic mass is 35.5. The number of aryl methyl sites for hydroxylation is 1. The Bertz CT molecular complexity index is 984. The van der Waals surface area contributed by atoms with Crippen molar-refractivity contribution < 1.29 is 18.0 Å². The van der Waals surface area contributed by atoms with Gasteiger partial charge in [0, 0.05) is 16.3 Å². The highest BCUT2D eigenvalue weighted by Gasteiger charge is 2.37. The fraction of sp³-hybridized carbons (Fsp3) is 0.235. The lowest BCUT2D eigenvalue weighted by atomic mass is 10.1. The SMILES string of the molecule is Cc1cc(-c2cccc(Cl)c2)nc2c(C(=O)NC(C)C(F)(F)F)cnn12. The molecule has 2 aromatic heterocycles. The topological polar surface area (TPSA) is 59.3 Å². The Hall–Kier alpha value is -2.61. The third-order valence-corrected chi connectivity index (χ3v) is 4.09. The maximum absolute atomic E-state index is 12.7. The van der Waals surface area contributed by atoms with Crippen molar-refractivity contribution in [2.45, 2.75) is 26.1 Å². The van der Waals surface area contributed by atoms with Gasteiger partial charge in [-0.3, -0.25) is 4.79 Å². The molecule has 1 amide bonds. The second kappa shape index (κ2) is 6.60. The molecule has 2 heterocycles. The Morgan fingerprint density at radius 2 is 2.04 bits per heavy atom. The van der Waals surface area contributed by atoms with Crippen molar-refractivity contribution in [1.82, 2.24) is 19.9 Å². The summed E-state index contributed by atoms with van der Waals surface area (Å²) >= 11 is 6.00. The molecule has 1 N–H and O–H groups in total. The summed E-state index contributed by atoms with van der Waals surface area (Å²) in [6.07, 6.45) is -3.33. The van der Waals surface area contributed by atoms with Crippen LogP contribution in [0.5, 0.6) is 0 Å². The zero-order valence-electron chi connectivity index (χ0n) is 13.8. The van der Waals surface area contributed by atoms with Crippen LogP contribution in [0.1, 0.15) is 23.0 Å². The molecule has 0 spiro atoms. The van der Waals surface area contributed by atoms with Gasteiger partial charge in [-0.25, -0.2) is 9.50 Å². The Balaban J connectivity index is 2.04. The van der Waals surface area contributed by atoms with Gasteiger partial charge in [0.05, 0.1) is 11.9 Å². The summed E-state index contributed by atoms with van der Waals surface area (Å²) in [4.78, 5) is 16.7. The van der Waals surface area contributed by atoms with E-state index in [1.165, 1.54) is 10.7 Å². The maximum Gasteiger partial charge on any atom is 0.408 e. The van der Waals surface area contributed by atoms with E-state index in [1.807, 2.05) is 5.32 Å². The van der Waals surface area contributed by atoms with Crippen LogP contribution in [0.2, 0.25) is 5.02 Å². The Kier molecular flexibility index (Phi) is 4.62. The highest BCUT2D eigenvalue weighted by Crippen LogP contribution is 2.24. The molecule has 136 valence electrons. The number of hydrogen-bond acceptors (Lipinski definition) is 3. The lowest BCUT2D eigenvalue weighted by molar-refractivity contribution is -0.149. The molecule has 3 aromatic rings. The molecule has 0 bridgehead atoms. The molecular formula is C17H14ClF3N4O. The van der Waals surface area contributed by atoms with E-state index in [4.69, 9.17) is 11.6 Å². The minimum Gasteiger partial charge on any atom is -0.340 e. The normalized spacial score (nSPS) is 13.0. The summed E-state index contributed by atoms with van der Waals surface area (Å²) in [7, 11) is 0. The molecule has 0 aliphatic heterocycles. The van der Waals surface area contributed by atoms with Crippen LogP contribution in [0, 0.1) is 6.92 Å². The molecule has 1 atom stereocenters. The van der Waals surface area contributed by atoms with Gasteiger partial charge in [0.25, 0.3) is 5.91 Å². The number of carbonyl (C=O) groups is 1. The average molecular weight is 383 g/mol. The minimum absolute atomic E-state index is 0.0342. The number of rotatable bonds is 3. The summed E-state index contributed by atoms with van der Waals surface area (Å²) in [6.45, 7) is 2.63. The van der Waals surface area contributed by atoms with Gasteiger partial charge in [0.15, 0.2) is 5.65 Å². The summed E-state index contributed by atoms with van der Waals surface area (Å²) in [5.74, 6) is -0.889. The molecule has 1 aromatic carbocycles. The van der Waals surface area contributed by atoms with Crippen LogP contribution in [0.25, 0.3) is 16.9 Å². The molecule has 1 unspecified atom stereocenters. The van der Waals surface area contributed by atoms with Gasteiger partial charge in [-0.15, -0.1) is 0 Å². The largest absolute Gasteiger partial charge is 0.408 e. The van der Waals surface area contributed by atoms with E-state index in [0.29, 0.717) is 16.4 Å². The standard InChI is InChI=1S/C17H14ClF3N4O/c1-9-6-14(11-4-3-5-12(18)7-11)24-15-13(8-22-25(9)15)16(26)23-10(2)17(19,20)21/h3-8,10H,1-2H3,(H,23,26). The zero-order chi connectivity index (χ0) is 19.1. The van der Waals surface area contributed by atoms with Crippen molar-refractivity contribution >= 4 is 23.2 Å². The van der Waals surface area contributed by atoms with E-state index in [9.17, 15) is 18.0 Å². The van der Waals surface area contributed by atoms with Gasteiger partial charge in [0.2, 0.25) is 0 Å². The molecular weight excluding hydrogens is 369 g/mol. The van der Waals surface area contributed by atoms with Crippen LogP contribution in [0.4, 0.5) is 13.2 Å². The van der Waals surface area contributed by atoms with E-state index >= 15 is 0 Å². The molecule has 0 aliphatic carbocycles. The number of nitrogens with zero attached hydrogens (tertiary/aromatic N) is 3. The van der Waals surface area contributed by atoms with Crippen LogP contribution in [-0.4, -0.2) is 32.7 Å². The average Bonchev–Trinajstić information content (AvgIpc) is 2.98.